The van der Waals surface area contributed by atoms with Gasteiger partial charge in [0.2, 0.25) is 0 Å². The maximum absolute atomic E-state index is 13.5. The van der Waals surface area contributed by atoms with Crippen molar-refractivity contribution in [2.24, 2.45) is 7.05 Å². The van der Waals surface area contributed by atoms with E-state index in [0.29, 0.717) is 13.0 Å². The van der Waals surface area contributed by atoms with Crippen molar-refractivity contribution in [1.29, 1.82) is 0 Å². The second kappa shape index (κ2) is 6.03. The molecule has 0 aliphatic carbocycles. The van der Waals surface area contributed by atoms with Crippen molar-refractivity contribution < 1.29 is 13.6 Å². The van der Waals surface area contributed by atoms with E-state index in [2.05, 4.69) is 10.4 Å². The van der Waals surface area contributed by atoms with Gasteiger partial charge in [0.15, 0.2) is 0 Å². The van der Waals surface area contributed by atoms with Crippen LogP contribution in [-0.2, 0) is 13.5 Å². The molecule has 4 nitrogen and oxygen atoms in total. The topological polar surface area (TPSA) is 46.9 Å². The summed E-state index contributed by atoms with van der Waals surface area (Å²) in [4.78, 5) is 11.8. The Hall–Kier alpha value is -2.24. The minimum Gasteiger partial charge on any atom is -0.352 e. The van der Waals surface area contributed by atoms with Gasteiger partial charge in [-0.3, -0.25) is 9.48 Å². The van der Waals surface area contributed by atoms with Crippen molar-refractivity contribution in [2.75, 3.05) is 6.54 Å². The Morgan fingerprint density at radius 1 is 1.33 bits per heavy atom. The molecule has 6 heteroatoms. The van der Waals surface area contributed by atoms with Crippen LogP contribution >= 0.6 is 0 Å². The number of nitrogens with one attached hydrogen (secondary N) is 1. The molecule has 0 atom stereocenters. The zero-order valence-electron chi connectivity index (χ0n) is 12.2. The summed E-state index contributed by atoms with van der Waals surface area (Å²) >= 11 is 0. The zero-order chi connectivity index (χ0) is 15.6. The van der Waals surface area contributed by atoms with E-state index in [0.717, 1.165) is 35.2 Å². The van der Waals surface area contributed by atoms with Gasteiger partial charge in [-0.05, 0) is 44.0 Å². The summed E-state index contributed by atoms with van der Waals surface area (Å²) in [7, 11) is 1.85. The van der Waals surface area contributed by atoms with E-state index in [1.54, 1.807) is 4.68 Å². The maximum atomic E-state index is 13.5. The van der Waals surface area contributed by atoms with Crippen molar-refractivity contribution >= 4 is 5.91 Å². The number of aromatic nitrogens is 2. The summed E-state index contributed by atoms with van der Waals surface area (Å²) in [5, 5.41) is 6.88. The van der Waals surface area contributed by atoms with E-state index in [1.807, 2.05) is 20.9 Å². The van der Waals surface area contributed by atoms with Crippen LogP contribution in [-0.4, -0.2) is 22.2 Å². The third-order valence-corrected chi connectivity index (χ3v) is 3.49. The Balaban J connectivity index is 2.00. The average molecular weight is 293 g/mol. The number of amides is 1. The lowest BCUT2D eigenvalue weighted by atomic mass is 10.1. The van der Waals surface area contributed by atoms with Crippen molar-refractivity contribution in [3.63, 3.8) is 0 Å². The quantitative estimate of drug-likeness (QED) is 0.940. The van der Waals surface area contributed by atoms with Crippen LogP contribution in [0.5, 0.6) is 0 Å². The molecule has 0 saturated carbocycles. The molecule has 1 N–H and O–H groups in total. The maximum Gasteiger partial charge on any atom is 0.254 e. The Kier molecular flexibility index (Phi) is 4.35. The van der Waals surface area contributed by atoms with Crippen LogP contribution < -0.4 is 5.32 Å². The molecule has 1 heterocycles. The Morgan fingerprint density at radius 2 is 2.05 bits per heavy atom. The third kappa shape index (κ3) is 3.26. The van der Waals surface area contributed by atoms with E-state index in [9.17, 15) is 13.6 Å². The molecule has 1 amide bonds. The van der Waals surface area contributed by atoms with Crippen LogP contribution in [0.4, 0.5) is 8.78 Å². The molecule has 2 rings (SSSR count). The standard InChI is InChI=1S/C15H17F2N3O/c1-9-12(10(2)20(3)19-9)6-7-18-15(21)13-8-11(16)4-5-14(13)17/h4-5,8H,6-7H2,1-3H3,(H,18,21). The van der Waals surface area contributed by atoms with E-state index in [-0.39, 0.29) is 5.56 Å². The summed E-state index contributed by atoms with van der Waals surface area (Å²) < 4.78 is 28.3. The SMILES string of the molecule is Cc1nn(C)c(C)c1CCNC(=O)c1cc(F)ccc1F. The Morgan fingerprint density at radius 3 is 2.67 bits per heavy atom. The molecule has 0 unspecified atom stereocenters. The summed E-state index contributed by atoms with van der Waals surface area (Å²) in [5.41, 5.74) is 2.70. The molecule has 2 aromatic rings. The highest BCUT2D eigenvalue weighted by Gasteiger charge is 2.13. The monoisotopic (exact) mass is 293 g/mol. The molecule has 0 fully saturated rings. The van der Waals surface area contributed by atoms with Crippen LogP contribution in [0, 0.1) is 25.5 Å². The largest absolute Gasteiger partial charge is 0.352 e. The van der Waals surface area contributed by atoms with Crippen molar-refractivity contribution in [3.05, 3.63) is 52.3 Å². The van der Waals surface area contributed by atoms with Crippen LogP contribution in [0.2, 0.25) is 0 Å². The van der Waals surface area contributed by atoms with Gasteiger partial charge in [-0.1, -0.05) is 0 Å². The predicted octanol–water partition coefficient (Wildman–Crippen LogP) is 2.29. The lowest BCUT2D eigenvalue weighted by molar-refractivity contribution is 0.0949. The molecule has 0 aliphatic heterocycles. The fourth-order valence-corrected chi connectivity index (χ4v) is 2.25. The van der Waals surface area contributed by atoms with E-state index in [1.165, 1.54) is 0 Å². The summed E-state index contributed by atoms with van der Waals surface area (Å²) in [6.45, 7) is 4.18. The Labute approximate surface area is 121 Å². The first-order chi connectivity index (χ1) is 9.90. The molecule has 112 valence electrons. The Bertz CT molecular complexity index is 680. The van der Waals surface area contributed by atoms with Gasteiger partial charge < -0.3 is 5.32 Å². The van der Waals surface area contributed by atoms with Gasteiger partial charge >= 0.3 is 0 Å². The smallest absolute Gasteiger partial charge is 0.254 e. The lowest BCUT2D eigenvalue weighted by Gasteiger charge is -2.07. The van der Waals surface area contributed by atoms with Crippen LogP contribution in [0.1, 0.15) is 27.3 Å². The molecule has 1 aromatic carbocycles. The van der Waals surface area contributed by atoms with Gasteiger partial charge in [0.1, 0.15) is 11.6 Å². The number of carbonyl (C=O) groups excluding carboxylic acids is 1. The van der Waals surface area contributed by atoms with Gasteiger partial charge in [-0.2, -0.15) is 5.10 Å². The second-order valence-electron chi connectivity index (χ2n) is 4.90. The van der Waals surface area contributed by atoms with Gasteiger partial charge in [0.05, 0.1) is 11.3 Å². The summed E-state index contributed by atoms with van der Waals surface area (Å²) in [6.07, 6.45) is 0.591. The highest BCUT2D eigenvalue weighted by Crippen LogP contribution is 2.12. The number of aryl methyl sites for hydroxylation is 2. The summed E-state index contributed by atoms with van der Waals surface area (Å²) in [6, 6.07) is 2.82. The average Bonchev–Trinajstić information content (AvgIpc) is 2.67. The minimum absolute atomic E-state index is 0.283. The van der Waals surface area contributed by atoms with E-state index in [4.69, 9.17) is 0 Å². The van der Waals surface area contributed by atoms with E-state index < -0.39 is 17.5 Å². The van der Waals surface area contributed by atoms with Crippen LogP contribution in [0.25, 0.3) is 0 Å². The van der Waals surface area contributed by atoms with Gasteiger partial charge in [-0.25, -0.2) is 8.78 Å². The molecule has 0 saturated heterocycles. The summed E-state index contributed by atoms with van der Waals surface area (Å²) in [5.74, 6) is -1.99. The number of hydrogen-bond acceptors (Lipinski definition) is 2. The lowest BCUT2D eigenvalue weighted by Crippen LogP contribution is -2.27. The first kappa shape index (κ1) is 15.2. The van der Waals surface area contributed by atoms with Crippen molar-refractivity contribution in [1.82, 2.24) is 15.1 Å². The first-order valence-electron chi connectivity index (χ1n) is 6.62. The van der Waals surface area contributed by atoms with Crippen molar-refractivity contribution in [2.45, 2.75) is 20.3 Å². The molecule has 0 spiro atoms. The molecule has 21 heavy (non-hydrogen) atoms. The number of halogens is 2. The number of carbonyl (C=O) groups is 1. The van der Waals surface area contributed by atoms with Gasteiger partial charge in [-0.15, -0.1) is 0 Å². The molecule has 0 radical (unpaired) electrons. The second-order valence-corrected chi connectivity index (χ2v) is 4.90. The molecule has 1 aromatic heterocycles. The molecule has 0 bridgehead atoms. The molecular formula is C15H17F2N3O. The number of hydrogen-bond donors (Lipinski definition) is 1. The number of nitrogens with zero attached hydrogens (tertiary/aromatic N) is 2. The first-order valence-corrected chi connectivity index (χ1v) is 6.62. The highest BCUT2D eigenvalue weighted by atomic mass is 19.1. The fraction of sp³-hybridized carbons (Fsp3) is 0.333. The molecule has 0 aliphatic rings. The van der Waals surface area contributed by atoms with E-state index >= 15 is 0 Å². The minimum atomic E-state index is -0.734. The third-order valence-electron chi connectivity index (χ3n) is 3.49. The van der Waals surface area contributed by atoms with Gasteiger partial charge in [0.25, 0.3) is 5.91 Å². The fourth-order valence-electron chi connectivity index (χ4n) is 2.25. The zero-order valence-corrected chi connectivity index (χ0v) is 12.2. The number of rotatable bonds is 4. The number of benzene rings is 1. The van der Waals surface area contributed by atoms with Crippen molar-refractivity contribution in [3.8, 4) is 0 Å². The molecular weight excluding hydrogens is 276 g/mol. The normalized spacial score (nSPS) is 10.7. The van der Waals surface area contributed by atoms with Gasteiger partial charge in [0, 0.05) is 19.3 Å². The van der Waals surface area contributed by atoms with Crippen LogP contribution in [0.15, 0.2) is 18.2 Å². The van der Waals surface area contributed by atoms with Crippen LogP contribution in [0.3, 0.4) is 0 Å². The predicted molar refractivity (Wildman–Crippen MR) is 75.1 cm³/mol. The highest BCUT2D eigenvalue weighted by molar-refractivity contribution is 5.94.